The van der Waals surface area contributed by atoms with E-state index in [1.165, 1.54) is 18.4 Å². The summed E-state index contributed by atoms with van der Waals surface area (Å²) in [4.78, 5) is 24.7. The average molecular weight is 364 g/mol. The summed E-state index contributed by atoms with van der Waals surface area (Å²) in [6.45, 7) is 0. The van der Waals surface area contributed by atoms with Gasteiger partial charge in [-0.25, -0.2) is 4.79 Å². The highest BCUT2D eigenvalue weighted by Crippen LogP contribution is 2.37. The van der Waals surface area contributed by atoms with Crippen LogP contribution in [0.1, 0.15) is 36.0 Å². The van der Waals surface area contributed by atoms with Crippen molar-refractivity contribution in [2.75, 3.05) is 12.4 Å². The molecule has 0 saturated heterocycles. The van der Waals surface area contributed by atoms with Crippen LogP contribution in [0.25, 0.3) is 11.1 Å². The molecule has 1 fully saturated rings. The van der Waals surface area contributed by atoms with Crippen molar-refractivity contribution in [3.63, 3.8) is 0 Å². The van der Waals surface area contributed by atoms with Crippen LogP contribution in [0.4, 0.5) is 5.00 Å². The van der Waals surface area contributed by atoms with Crippen LogP contribution in [-0.4, -0.2) is 19.0 Å². The zero-order valence-corrected chi connectivity index (χ0v) is 14.9. The first-order chi connectivity index (χ1) is 11.6. The number of amides is 1. The summed E-state index contributed by atoms with van der Waals surface area (Å²) in [6, 6.07) is 7.23. The topological polar surface area (TPSA) is 55.4 Å². The van der Waals surface area contributed by atoms with E-state index in [1.807, 2.05) is 17.5 Å². The number of hydrogen-bond acceptors (Lipinski definition) is 4. The fraction of sp³-hybridized carbons (Fsp3) is 0.333. The second-order valence-electron chi connectivity index (χ2n) is 5.82. The van der Waals surface area contributed by atoms with Crippen LogP contribution < -0.4 is 5.32 Å². The summed E-state index contributed by atoms with van der Waals surface area (Å²) in [5.74, 6) is -0.429. The molecule has 0 bridgehead atoms. The summed E-state index contributed by atoms with van der Waals surface area (Å²) in [7, 11) is 1.34. The van der Waals surface area contributed by atoms with Crippen LogP contribution in [0, 0.1) is 5.92 Å². The van der Waals surface area contributed by atoms with E-state index >= 15 is 0 Å². The number of carbonyl (C=O) groups excluding carboxylic acids is 2. The number of rotatable bonds is 4. The van der Waals surface area contributed by atoms with E-state index in [0.717, 1.165) is 36.8 Å². The Kier molecular flexibility index (Phi) is 5.21. The Morgan fingerprint density at radius 1 is 1.21 bits per heavy atom. The second kappa shape index (κ2) is 7.36. The predicted molar refractivity (Wildman–Crippen MR) is 96.7 cm³/mol. The van der Waals surface area contributed by atoms with Crippen molar-refractivity contribution in [2.24, 2.45) is 5.92 Å². The zero-order chi connectivity index (χ0) is 17.1. The van der Waals surface area contributed by atoms with Crippen LogP contribution >= 0.6 is 22.9 Å². The molecule has 1 amide bonds. The molecule has 0 unspecified atom stereocenters. The quantitative estimate of drug-likeness (QED) is 0.779. The molecule has 2 aromatic rings. The zero-order valence-electron chi connectivity index (χ0n) is 13.3. The van der Waals surface area contributed by atoms with Crippen LogP contribution in [-0.2, 0) is 9.53 Å². The maximum Gasteiger partial charge on any atom is 0.341 e. The fourth-order valence-corrected chi connectivity index (χ4v) is 4.08. The minimum atomic E-state index is -0.456. The number of benzene rings is 1. The summed E-state index contributed by atoms with van der Waals surface area (Å²) >= 11 is 7.27. The number of esters is 1. The molecule has 0 radical (unpaired) electrons. The van der Waals surface area contributed by atoms with Crippen molar-refractivity contribution < 1.29 is 14.3 Å². The van der Waals surface area contributed by atoms with Crippen molar-refractivity contribution in [3.05, 3.63) is 40.2 Å². The smallest absolute Gasteiger partial charge is 0.341 e. The molecule has 1 heterocycles. The van der Waals surface area contributed by atoms with Gasteiger partial charge in [0.05, 0.1) is 7.11 Å². The monoisotopic (exact) mass is 363 g/mol. The number of carbonyl (C=O) groups is 2. The van der Waals surface area contributed by atoms with Gasteiger partial charge in [-0.1, -0.05) is 36.6 Å². The van der Waals surface area contributed by atoms with Gasteiger partial charge in [-0.2, -0.15) is 0 Å². The van der Waals surface area contributed by atoms with E-state index in [-0.39, 0.29) is 11.8 Å². The lowest BCUT2D eigenvalue weighted by Crippen LogP contribution is -2.21. The largest absolute Gasteiger partial charge is 0.465 e. The highest BCUT2D eigenvalue weighted by molar-refractivity contribution is 7.15. The number of nitrogens with one attached hydrogen (secondary N) is 1. The Bertz CT molecular complexity index is 748. The molecule has 126 valence electrons. The molecule has 6 heteroatoms. The first-order valence-electron chi connectivity index (χ1n) is 7.86. The molecular formula is C18H18ClNO3S. The Morgan fingerprint density at radius 2 is 1.88 bits per heavy atom. The Morgan fingerprint density at radius 3 is 2.50 bits per heavy atom. The number of methoxy groups -OCH3 is 1. The molecule has 3 rings (SSSR count). The lowest BCUT2D eigenvalue weighted by molar-refractivity contribution is -0.119. The highest BCUT2D eigenvalue weighted by atomic mass is 35.5. The third-order valence-electron chi connectivity index (χ3n) is 4.30. The normalized spacial score (nSPS) is 14.6. The molecule has 0 aliphatic heterocycles. The maximum absolute atomic E-state index is 12.4. The number of ether oxygens (including phenoxy) is 1. The minimum Gasteiger partial charge on any atom is -0.465 e. The standard InChI is InChI=1S/C18H18ClNO3S/c1-23-18(22)15-14(11-6-8-13(19)9-7-11)10-24-17(15)20-16(21)12-4-2-3-5-12/h6-10,12H,2-5H2,1H3,(H,20,21). The van der Waals surface area contributed by atoms with E-state index in [1.54, 1.807) is 12.1 Å². The molecule has 1 N–H and O–H groups in total. The van der Waals surface area contributed by atoms with Crippen molar-refractivity contribution in [1.82, 2.24) is 0 Å². The number of halogens is 1. The summed E-state index contributed by atoms with van der Waals surface area (Å²) < 4.78 is 4.92. The molecule has 4 nitrogen and oxygen atoms in total. The molecule has 1 aliphatic rings. The third kappa shape index (κ3) is 3.47. The second-order valence-corrected chi connectivity index (χ2v) is 7.14. The molecule has 24 heavy (non-hydrogen) atoms. The predicted octanol–water partition coefficient (Wildman–Crippen LogP) is 4.98. The Hall–Kier alpha value is -1.85. The van der Waals surface area contributed by atoms with Gasteiger partial charge in [-0.3, -0.25) is 4.79 Å². The number of thiophene rings is 1. The van der Waals surface area contributed by atoms with Gasteiger partial charge in [0.2, 0.25) is 5.91 Å². The number of anilines is 1. The summed E-state index contributed by atoms with van der Waals surface area (Å²) in [5, 5.41) is 5.96. The minimum absolute atomic E-state index is 0.0119. The van der Waals surface area contributed by atoms with E-state index < -0.39 is 5.97 Å². The molecular weight excluding hydrogens is 346 g/mol. The van der Waals surface area contributed by atoms with E-state index in [4.69, 9.17) is 16.3 Å². The summed E-state index contributed by atoms with van der Waals surface area (Å²) in [6.07, 6.45) is 3.99. The molecule has 0 atom stereocenters. The van der Waals surface area contributed by atoms with Crippen molar-refractivity contribution >= 4 is 39.8 Å². The highest BCUT2D eigenvalue weighted by Gasteiger charge is 2.26. The molecule has 1 aromatic heterocycles. The first kappa shape index (κ1) is 17.0. The Labute approximate surface area is 149 Å². The van der Waals surface area contributed by atoms with Gasteiger partial charge in [0, 0.05) is 21.9 Å². The van der Waals surface area contributed by atoms with Gasteiger partial charge in [-0.15, -0.1) is 11.3 Å². The lowest BCUT2D eigenvalue weighted by atomic mass is 10.0. The number of hydrogen-bond donors (Lipinski definition) is 1. The third-order valence-corrected chi connectivity index (χ3v) is 5.45. The van der Waals surface area contributed by atoms with Crippen LogP contribution in [0.5, 0.6) is 0 Å². The average Bonchev–Trinajstić information content (AvgIpc) is 3.24. The molecule has 1 saturated carbocycles. The van der Waals surface area contributed by atoms with Crippen LogP contribution in [0.15, 0.2) is 29.6 Å². The molecule has 1 aliphatic carbocycles. The van der Waals surface area contributed by atoms with Crippen molar-refractivity contribution in [1.29, 1.82) is 0 Å². The lowest BCUT2D eigenvalue weighted by Gasteiger charge is -2.11. The van der Waals surface area contributed by atoms with Gasteiger partial charge in [-0.05, 0) is 30.5 Å². The fourth-order valence-electron chi connectivity index (χ4n) is 3.00. The van der Waals surface area contributed by atoms with E-state index in [0.29, 0.717) is 15.6 Å². The van der Waals surface area contributed by atoms with Crippen LogP contribution in [0.3, 0.4) is 0 Å². The molecule has 0 spiro atoms. The van der Waals surface area contributed by atoms with Crippen molar-refractivity contribution in [2.45, 2.75) is 25.7 Å². The van der Waals surface area contributed by atoms with Gasteiger partial charge in [0.25, 0.3) is 0 Å². The Balaban J connectivity index is 1.93. The maximum atomic E-state index is 12.4. The van der Waals surface area contributed by atoms with Gasteiger partial charge < -0.3 is 10.1 Å². The summed E-state index contributed by atoms with van der Waals surface area (Å²) in [5.41, 5.74) is 2.00. The van der Waals surface area contributed by atoms with Crippen LogP contribution in [0.2, 0.25) is 5.02 Å². The molecule has 1 aromatic carbocycles. The van der Waals surface area contributed by atoms with E-state index in [9.17, 15) is 9.59 Å². The van der Waals surface area contributed by atoms with Crippen molar-refractivity contribution in [3.8, 4) is 11.1 Å². The first-order valence-corrected chi connectivity index (χ1v) is 9.12. The van der Waals surface area contributed by atoms with Gasteiger partial charge in [0.15, 0.2) is 0 Å². The van der Waals surface area contributed by atoms with Gasteiger partial charge >= 0.3 is 5.97 Å². The van der Waals surface area contributed by atoms with E-state index in [2.05, 4.69) is 5.32 Å². The SMILES string of the molecule is COC(=O)c1c(-c2ccc(Cl)cc2)csc1NC(=O)C1CCCC1. The van der Waals surface area contributed by atoms with Gasteiger partial charge in [0.1, 0.15) is 10.6 Å².